The lowest BCUT2D eigenvalue weighted by atomic mass is 10.1. The minimum Gasteiger partial charge on any atom is -0.447 e. The Balaban J connectivity index is 1.55. The SMILES string of the molecule is Cc1ccnc(C(=O)N[C@@H]2C[C@H]2NC(=O)c2ncoc2C(C)C)n1. The maximum atomic E-state index is 12.3. The van der Waals surface area contributed by atoms with E-state index in [-0.39, 0.29) is 35.6 Å². The van der Waals surface area contributed by atoms with Crippen LogP contribution in [0.2, 0.25) is 0 Å². The van der Waals surface area contributed by atoms with Gasteiger partial charge in [-0.1, -0.05) is 13.8 Å². The van der Waals surface area contributed by atoms with E-state index in [2.05, 4.69) is 25.6 Å². The number of carbonyl (C=O) groups is 2. The van der Waals surface area contributed by atoms with Crippen molar-refractivity contribution in [2.45, 2.75) is 45.2 Å². The van der Waals surface area contributed by atoms with Gasteiger partial charge in [-0.25, -0.2) is 15.0 Å². The first kappa shape index (κ1) is 16.1. The van der Waals surface area contributed by atoms with E-state index in [1.54, 1.807) is 19.2 Å². The van der Waals surface area contributed by atoms with Crippen LogP contribution in [0.4, 0.5) is 0 Å². The van der Waals surface area contributed by atoms with Gasteiger partial charge in [0.1, 0.15) is 5.76 Å². The van der Waals surface area contributed by atoms with Crippen LogP contribution in [0.1, 0.15) is 58.7 Å². The van der Waals surface area contributed by atoms with Gasteiger partial charge in [0.15, 0.2) is 12.1 Å². The number of aromatic nitrogens is 3. The molecule has 2 aromatic heterocycles. The topological polar surface area (TPSA) is 110 Å². The minimum absolute atomic E-state index is 0.0708. The monoisotopic (exact) mass is 329 g/mol. The second-order valence-corrected chi connectivity index (χ2v) is 6.14. The molecule has 24 heavy (non-hydrogen) atoms. The summed E-state index contributed by atoms with van der Waals surface area (Å²) in [4.78, 5) is 36.3. The molecule has 1 saturated carbocycles. The largest absolute Gasteiger partial charge is 0.447 e. The van der Waals surface area contributed by atoms with Crippen LogP contribution < -0.4 is 10.6 Å². The van der Waals surface area contributed by atoms with Crippen LogP contribution in [-0.4, -0.2) is 38.8 Å². The Morgan fingerprint density at radius 2 is 1.92 bits per heavy atom. The molecule has 1 fully saturated rings. The highest BCUT2D eigenvalue weighted by atomic mass is 16.3. The molecule has 8 heteroatoms. The molecule has 2 aromatic rings. The summed E-state index contributed by atoms with van der Waals surface area (Å²) in [6.45, 7) is 5.65. The molecule has 0 aliphatic heterocycles. The Hall–Kier alpha value is -2.77. The van der Waals surface area contributed by atoms with Crippen molar-refractivity contribution in [3.63, 3.8) is 0 Å². The summed E-state index contributed by atoms with van der Waals surface area (Å²) in [7, 11) is 0. The smallest absolute Gasteiger partial charge is 0.289 e. The Morgan fingerprint density at radius 1 is 1.21 bits per heavy atom. The number of nitrogens with one attached hydrogen (secondary N) is 2. The lowest BCUT2D eigenvalue weighted by Crippen LogP contribution is -2.35. The second kappa shape index (κ2) is 6.38. The molecule has 2 heterocycles. The molecule has 0 bridgehead atoms. The third-order valence-electron chi connectivity index (χ3n) is 3.76. The van der Waals surface area contributed by atoms with Crippen molar-refractivity contribution < 1.29 is 14.0 Å². The maximum absolute atomic E-state index is 12.3. The first-order valence-corrected chi connectivity index (χ1v) is 7.80. The third-order valence-corrected chi connectivity index (χ3v) is 3.76. The van der Waals surface area contributed by atoms with E-state index in [4.69, 9.17) is 4.42 Å². The lowest BCUT2D eigenvalue weighted by molar-refractivity contribution is 0.0917. The van der Waals surface area contributed by atoms with E-state index >= 15 is 0 Å². The molecule has 0 spiro atoms. The van der Waals surface area contributed by atoms with E-state index in [0.29, 0.717) is 17.9 Å². The molecular formula is C16H19N5O3. The molecular weight excluding hydrogens is 310 g/mol. The van der Waals surface area contributed by atoms with Crippen molar-refractivity contribution in [1.29, 1.82) is 0 Å². The zero-order valence-corrected chi connectivity index (χ0v) is 13.7. The summed E-state index contributed by atoms with van der Waals surface area (Å²) in [5, 5.41) is 5.67. The van der Waals surface area contributed by atoms with Crippen LogP contribution in [0.5, 0.6) is 0 Å². The van der Waals surface area contributed by atoms with E-state index in [1.807, 2.05) is 13.8 Å². The molecule has 8 nitrogen and oxygen atoms in total. The highest BCUT2D eigenvalue weighted by Gasteiger charge is 2.41. The van der Waals surface area contributed by atoms with Crippen LogP contribution >= 0.6 is 0 Å². The van der Waals surface area contributed by atoms with Crippen LogP contribution in [0, 0.1) is 6.92 Å². The molecule has 3 rings (SSSR count). The van der Waals surface area contributed by atoms with Crippen molar-refractivity contribution in [1.82, 2.24) is 25.6 Å². The zero-order chi connectivity index (χ0) is 17.3. The number of aryl methyl sites for hydroxylation is 1. The summed E-state index contributed by atoms with van der Waals surface area (Å²) in [5.41, 5.74) is 1.02. The second-order valence-electron chi connectivity index (χ2n) is 6.14. The van der Waals surface area contributed by atoms with Crippen molar-refractivity contribution in [3.8, 4) is 0 Å². The number of hydrogen-bond donors (Lipinski definition) is 2. The fraction of sp³-hybridized carbons (Fsp3) is 0.438. The van der Waals surface area contributed by atoms with Gasteiger partial charge in [0, 0.05) is 17.8 Å². The van der Waals surface area contributed by atoms with Crippen LogP contribution in [0.25, 0.3) is 0 Å². The van der Waals surface area contributed by atoms with E-state index in [0.717, 1.165) is 5.69 Å². The number of carbonyl (C=O) groups excluding carboxylic acids is 2. The summed E-state index contributed by atoms with van der Waals surface area (Å²) in [5.74, 6) is 0.125. The van der Waals surface area contributed by atoms with Gasteiger partial charge < -0.3 is 15.1 Å². The summed E-state index contributed by atoms with van der Waals surface area (Å²) < 4.78 is 5.25. The van der Waals surface area contributed by atoms with Gasteiger partial charge in [0.05, 0.1) is 12.1 Å². The Labute approximate surface area is 139 Å². The van der Waals surface area contributed by atoms with Crippen molar-refractivity contribution in [2.75, 3.05) is 0 Å². The first-order chi connectivity index (χ1) is 11.5. The highest BCUT2D eigenvalue weighted by molar-refractivity contribution is 5.94. The molecule has 2 atom stereocenters. The molecule has 126 valence electrons. The van der Waals surface area contributed by atoms with Gasteiger partial charge >= 0.3 is 0 Å². The van der Waals surface area contributed by atoms with Gasteiger partial charge in [-0.3, -0.25) is 9.59 Å². The summed E-state index contributed by atoms with van der Waals surface area (Å²) in [6, 6.07) is 1.48. The number of oxazole rings is 1. The van der Waals surface area contributed by atoms with E-state index < -0.39 is 0 Å². The fourth-order valence-electron chi connectivity index (χ4n) is 2.38. The van der Waals surface area contributed by atoms with Crippen LogP contribution in [-0.2, 0) is 0 Å². The van der Waals surface area contributed by atoms with Gasteiger partial charge in [-0.05, 0) is 19.4 Å². The van der Waals surface area contributed by atoms with Gasteiger partial charge in [0.25, 0.3) is 11.8 Å². The predicted octanol–water partition coefficient (Wildman–Crippen LogP) is 1.20. The highest BCUT2D eigenvalue weighted by Crippen LogP contribution is 2.23. The Kier molecular flexibility index (Phi) is 4.28. The Bertz CT molecular complexity index is 771. The summed E-state index contributed by atoms with van der Waals surface area (Å²) >= 11 is 0. The normalized spacial score (nSPS) is 19.2. The zero-order valence-electron chi connectivity index (χ0n) is 13.7. The van der Waals surface area contributed by atoms with Crippen molar-refractivity contribution in [2.24, 2.45) is 0 Å². The minimum atomic E-state index is -0.343. The molecule has 0 saturated heterocycles. The molecule has 0 radical (unpaired) electrons. The van der Waals surface area contributed by atoms with Crippen LogP contribution in [0.3, 0.4) is 0 Å². The number of hydrogen-bond acceptors (Lipinski definition) is 6. The number of rotatable bonds is 5. The van der Waals surface area contributed by atoms with Gasteiger partial charge in [-0.2, -0.15) is 0 Å². The van der Waals surface area contributed by atoms with Crippen LogP contribution in [0.15, 0.2) is 23.1 Å². The number of nitrogens with zero attached hydrogens (tertiary/aromatic N) is 3. The molecule has 0 aromatic carbocycles. The summed E-state index contributed by atoms with van der Waals surface area (Å²) in [6.07, 6.45) is 3.48. The van der Waals surface area contributed by atoms with E-state index in [9.17, 15) is 9.59 Å². The first-order valence-electron chi connectivity index (χ1n) is 7.80. The molecule has 2 N–H and O–H groups in total. The standard InChI is InChI=1S/C16H19N5O3/c1-8(2)13-12(18-7-24-13)15(22)20-10-6-11(10)21-16(23)14-17-5-4-9(3)19-14/h4-5,7-8,10-11H,6H2,1-3H3,(H,20,22)(H,21,23)/t10-,11-/m1/s1. The van der Waals surface area contributed by atoms with Crippen molar-refractivity contribution in [3.05, 3.63) is 41.6 Å². The van der Waals surface area contributed by atoms with Gasteiger partial charge in [-0.15, -0.1) is 0 Å². The lowest BCUT2D eigenvalue weighted by Gasteiger charge is -2.07. The number of amides is 2. The van der Waals surface area contributed by atoms with Gasteiger partial charge in [0.2, 0.25) is 5.82 Å². The Morgan fingerprint density at radius 3 is 2.58 bits per heavy atom. The van der Waals surface area contributed by atoms with E-state index in [1.165, 1.54) is 6.39 Å². The average molecular weight is 329 g/mol. The molecule has 1 aliphatic carbocycles. The molecule has 0 unspecified atom stereocenters. The molecule has 1 aliphatic rings. The fourth-order valence-corrected chi connectivity index (χ4v) is 2.38. The quantitative estimate of drug-likeness (QED) is 0.853. The van der Waals surface area contributed by atoms with Crippen molar-refractivity contribution >= 4 is 11.8 Å². The average Bonchev–Trinajstić information content (AvgIpc) is 3.07. The predicted molar refractivity (Wildman–Crippen MR) is 84.5 cm³/mol. The maximum Gasteiger partial charge on any atom is 0.289 e. The third kappa shape index (κ3) is 3.42. The molecule has 2 amide bonds.